The highest BCUT2D eigenvalue weighted by Gasteiger charge is 2.28. The average molecular weight is 422 g/mol. The van der Waals surface area contributed by atoms with Crippen molar-refractivity contribution in [2.24, 2.45) is 5.10 Å². The van der Waals surface area contributed by atoms with Gasteiger partial charge in [0, 0.05) is 30.8 Å². The number of hydrogen-bond acceptors (Lipinski definition) is 6. The molecule has 0 aliphatic carbocycles. The topological polar surface area (TPSA) is 83.5 Å². The number of carbonyl (C=O) groups is 2. The minimum atomic E-state index is -0.119. The van der Waals surface area contributed by atoms with Crippen LogP contribution in [0.2, 0.25) is 0 Å². The van der Waals surface area contributed by atoms with Crippen LogP contribution in [0, 0.1) is 0 Å². The van der Waals surface area contributed by atoms with Gasteiger partial charge in [-0.2, -0.15) is 5.10 Å². The lowest BCUT2D eigenvalue weighted by molar-refractivity contribution is -0.130. The molecule has 0 saturated carbocycles. The number of carbonyl (C=O) groups excluding carboxylic acids is 2. The van der Waals surface area contributed by atoms with Crippen LogP contribution >= 0.6 is 0 Å². The Morgan fingerprint density at radius 3 is 2.52 bits per heavy atom. The molecule has 2 aliphatic heterocycles. The summed E-state index contributed by atoms with van der Waals surface area (Å²) in [5.41, 5.74) is 4.26. The Kier molecular flexibility index (Phi) is 5.65. The second kappa shape index (κ2) is 8.39. The third kappa shape index (κ3) is 3.98. The van der Waals surface area contributed by atoms with E-state index in [0.29, 0.717) is 23.6 Å². The lowest BCUT2D eigenvalue weighted by atomic mass is 9.94. The highest BCUT2D eigenvalue weighted by Crippen LogP contribution is 2.37. The first-order valence-electron chi connectivity index (χ1n) is 10.2. The van der Waals surface area contributed by atoms with Gasteiger partial charge in [0.05, 0.1) is 18.3 Å². The quantitative estimate of drug-likeness (QED) is 0.816. The molecular formula is C23H26N4O4. The van der Waals surface area contributed by atoms with Crippen molar-refractivity contribution in [3.8, 4) is 11.5 Å². The maximum atomic E-state index is 12.3. The maximum Gasteiger partial charge on any atom is 0.240 e. The Hall–Kier alpha value is -3.39. The van der Waals surface area contributed by atoms with Crippen LogP contribution in [0.3, 0.4) is 0 Å². The van der Waals surface area contributed by atoms with E-state index in [1.165, 1.54) is 11.9 Å². The number of hydrazone groups is 1. The molecule has 31 heavy (non-hydrogen) atoms. The number of rotatable bonds is 4. The molecule has 2 amide bonds. The van der Waals surface area contributed by atoms with Gasteiger partial charge in [0.1, 0.15) is 0 Å². The normalized spacial score (nSPS) is 17.0. The minimum Gasteiger partial charge on any atom is -0.454 e. The first-order valence-corrected chi connectivity index (χ1v) is 10.2. The molecule has 4 rings (SSSR count). The van der Waals surface area contributed by atoms with Crippen LogP contribution < -0.4 is 19.7 Å². The van der Waals surface area contributed by atoms with Crippen molar-refractivity contribution in [2.45, 2.75) is 26.3 Å². The summed E-state index contributed by atoms with van der Waals surface area (Å²) in [6.45, 7) is 3.96. The summed E-state index contributed by atoms with van der Waals surface area (Å²) < 4.78 is 11.1. The van der Waals surface area contributed by atoms with Crippen LogP contribution in [0.4, 0.5) is 5.69 Å². The highest BCUT2D eigenvalue weighted by atomic mass is 16.7. The lowest BCUT2D eigenvalue weighted by Crippen LogP contribution is -2.34. The highest BCUT2D eigenvalue weighted by molar-refractivity contribution is 6.14. The molecule has 0 spiro atoms. The van der Waals surface area contributed by atoms with E-state index < -0.39 is 0 Å². The van der Waals surface area contributed by atoms with Crippen LogP contribution in [-0.2, 0) is 16.0 Å². The molecule has 0 bridgehead atoms. The summed E-state index contributed by atoms with van der Waals surface area (Å²) >= 11 is 0. The van der Waals surface area contributed by atoms with Crippen LogP contribution in [-0.4, -0.2) is 56.0 Å². The number of fused-ring (bicyclic) bond motifs is 2. The zero-order valence-electron chi connectivity index (χ0n) is 18.1. The molecule has 1 unspecified atom stereocenters. The van der Waals surface area contributed by atoms with Crippen molar-refractivity contribution in [1.29, 1.82) is 0 Å². The number of benzene rings is 2. The Morgan fingerprint density at radius 1 is 1.19 bits per heavy atom. The zero-order chi connectivity index (χ0) is 22.1. The summed E-state index contributed by atoms with van der Waals surface area (Å²) in [6, 6.07) is 11.4. The van der Waals surface area contributed by atoms with Crippen LogP contribution in [0.15, 0.2) is 41.5 Å². The van der Waals surface area contributed by atoms with Crippen molar-refractivity contribution in [1.82, 2.24) is 10.3 Å². The fourth-order valence-corrected chi connectivity index (χ4v) is 3.89. The van der Waals surface area contributed by atoms with Gasteiger partial charge in [0.15, 0.2) is 11.5 Å². The maximum absolute atomic E-state index is 12.3. The van der Waals surface area contributed by atoms with Gasteiger partial charge < -0.3 is 19.7 Å². The van der Waals surface area contributed by atoms with Crippen LogP contribution in [0.5, 0.6) is 11.5 Å². The number of amides is 2. The molecule has 1 atom stereocenters. The standard InChI is InChI=1S/C23H26N4O4/c1-14-9-17-10-20-21(31-13-30-20)11-19(17)23(25-27(14)15(2)28)16-5-7-18(8-6-16)26(4)22(29)12-24-3/h5-8,10-11,14,24H,9,12-13H2,1-4H3. The van der Waals surface area contributed by atoms with Crippen molar-refractivity contribution in [3.63, 3.8) is 0 Å². The van der Waals surface area contributed by atoms with E-state index in [1.54, 1.807) is 19.0 Å². The Morgan fingerprint density at radius 2 is 1.87 bits per heavy atom. The molecule has 0 saturated heterocycles. The van der Waals surface area contributed by atoms with E-state index in [4.69, 9.17) is 14.6 Å². The van der Waals surface area contributed by atoms with Crippen molar-refractivity contribution >= 4 is 23.2 Å². The van der Waals surface area contributed by atoms with Crippen LogP contribution in [0.1, 0.15) is 30.5 Å². The molecule has 0 aromatic heterocycles. The van der Waals surface area contributed by atoms with Gasteiger partial charge in [-0.05, 0) is 50.2 Å². The minimum absolute atomic E-state index is 0.0308. The van der Waals surface area contributed by atoms with Crippen LogP contribution in [0.25, 0.3) is 0 Å². The fraction of sp³-hybridized carbons (Fsp3) is 0.348. The smallest absolute Gasteiger partial charge is 0.240 e. The molecule has 2 aromatic carbocycles. The predicted octanol–water partition coefficient (Wildman–Crippen LogP) is 2.14. The van der Waals surface area contributed by atoms with E-state index in [0.717, 1.165) is 22.4 Å². The molecule has 8 nitrogen and oxygen atoms in total. The van der Waals surface area contributed by atoms with Gasteiger partial charge in [-0.1, -0.05) is 12.1 Å². The summed E-state index contributed by atoms with van der Waals surface area (Å²) in [4.78, 5) is 26.1. The van der Waals surface area contributed by atoms with Gasteiger partial charge in [-0.3, -0.25) is 9.59 Å². The summed E-state index contributed by atoms with van der Waals surface area (Å²) in [5.74, 6) is 1.23. The Labute approximate surface area is 181 Å². The first kappa shape index (κ1) is 20.9. The molecular weight excluding hydrogens is 396 g/mol. The molecule has 2 aromatic rings. The molecule has 0 radical (unpaired) electrons. The van der Waals surface area contributed by atoms with Crippen molar-refractivity contribution < 1.29 is 19.1 Å². The number of hydrogen-bond donors (Lipinski definition) is 1. The third-order valence-corrected chi connectivity index (χ3v) is 5.55. The van der Waals surface area contributed by atoms with E-state index in [9.17, 15) is 9.59 Å². The van der Waals surface area contributed by atoms with E-state index in [1.807, 2.05) is 43.3 Å². The van der Waals surface area contributed by atoms with Gasteiger partial charge in [0.25, 0.3) is 0 Å². The summed E-state index contributed by atoms with van der Waals surface area (Å²) in [7, 11) is 3.48. The summed E-state index contributed by atoms with van der Waals surface area (Å²) in [5, 5.41) is 9.14. The van der Waals surface area contributed by atoms with Gasteiger partial charge >= 0.3 is 0 Å². The largest absolute Gasteiger partial charge is 0.454 e. The molecule has 2 aliphatic rings. The van der Waals surface area contributed by atoms with Gasteiger partial charge in [-0.15, -0.1) is 0 Å². The zero-order valence-corrected chi connectivity index (χ0v) is 18.1. The Balaban J connectivity index is 1.77. The number of anilines is 1. The molecule has 162 valence electrons. The fourth-order valence-electron chi connectivity index (χ4n) is 3.89. The first-order chi connectivity index (χ1) is 14.9. The van der Waals surface area contributed by atoms with E-state index in [-0.39, 0.29) is 31.2 Å². The average Bonchev–Trinajstić information content (AvgIpc) is 3.15. The SMILES string of the molecule is CNCC(=O)N(C)c1ccc(C2=NN(C(C)=O)C(C)Cc3cc4c(cc32)OCO4)cc1. The van der Waals surface area contributed by atoms with Crippen molar-refractivity contribution in [2.75, 3.05) is 32.3 Å². The van der Waals surface area contributed by atoms with Gasteiger partial charge in [0.2, 0.25) is 18.6 Å². The second-order valence-corrected chi connectivity index (χ2v) is 7.76. The summed E-state index contributed by atoms with van der Waals surface area (Å²) in [6.07, 6.45) is 0.651. The number of likely N-dealkylation sites (N-methyl/N-ethyl adjacent to an activating group) is 2. The number of ether oxygens (including phenoxy) is 2. The van der Waals surface area contributed by atoms with Crippen molar-refractivity contribution in [3.05, 3.63) is 53.1 Å². The predicted molar refractivity (Wildman–Crippen MR) is 118 cm³/mol. The monoisotopic (exact) mass is 422 g/mol. The molecule has 0 fully saturated rings. The third-order valence-electron chi connectivity index (χ3n) is 5.55. The van der Waals surface area contributed by atoms with Gasteiger partial charge in [-0.25, -0.2) is 5.01 Å². The second-order valence-electron chi connectivity index (χ2n) is 7.76. The number of nitrogens with zero attached hydrogens (tertiary/aromatic N) is 3. The Bertz CT molecular complexity index is 1050. The lowest BCUT2D eigenvalue weighted by Gasteiger charge is -2.21. The van der Waals surface area contributed by atoms with E-state index in [2.05, 4.69) is 5.32 Å². The molecule has 8 heteroatoms. The van der Waals surface area contributed by atoms with E-state index >= 15 is 0 Å². The molecule has 2 heterocycles. The molecule has 1 N–H and O–H groups in total. The number of nitrogens with one attached hydrogen (secondary N) is 1.